The van der Waals surface area contributed by atoms with E-state index in [1.165, 1.54) is 25.9 Å². The first kappa shape index (κ1) is 25.9. The molecule has 0 amide bonds. The molecule has 3 aliphatic rings. The Morgan fingerprint density at radius 1 is 0.679 bits per heavy atom. The van der Waals surface area contributed by atoms with Crippen LogP contribution in [0.1, 0.15) is 54.4 Å². The lowest BCUT2D eigenvalue weighted by molar-refractivity contribution is 0.0238. The molecular formula is C22H47N3O2S. The van der Waals surface area contributed by atoms with E-state index in [1.54, 1.807) is 0 Å². The van der Waals surface area contributed by atoms with Crippen LogP contribution in [0.25, 0.3) is 0 Å². The van der Waals surface area contributed by atoms with Crippen LogP contribution in [-0.4, -0.2) is 107 Å². The van der Waals surface area contributed by atoms with Crippen LogP contribution in [0.4, 0.5) is 0 Å². The van der Waals surface area contributed by atoms with Crippen molar-refractivity contribution >= 4 is 15.4 Å². The van der Waals surface area contributed by atoms with Crippen LogP contribution in [0.15, 0.2) is 0 Å². The van der Waals surface area contributed by atoms with Gasteiger partial charge in [-0.15, -0.1) is 0 Å². The molecule has 3 fully saturated rings. The van der Waals surface area contributed by atoms with E-state index in [1.807, 2.05) is 0 Å². The molecule has 0 aromatic rings. The average Bonchev–Trinajstić information content (AvgIpc) is 3.18. The fourth-order valence-electron chi connectivity index (χ4n) is 3.65. The van der Waals surface area contributed by atoms with Crippen molar-refractivity contribution in [2.24, 2.45) is 0 Å². The second-order valence-electron chi connectivity index (χ2n) is 9.08. The summed E-state index contributed by atoms with van der Waals surface area (Å²) in [6.07, 6.45) is 2.83. The minimum Gasteiger partial charge on any atom is -0.379 e. The molecule has 0 radical (unpaired) electrons. The van der Waals surface area contributed by atoms with E-state index in [0.29, 0.717) is 12.1 Å². The Kier molecular flexibility index (Phi) is 12.2. The highest BCUT2D eigenvalue weighted by molar-refractivity contribution is 8.00. The summed E-state index contributed by atoms with van der Waals surface area (Å²) in [5, 5.41) is 0. The minimum absolute atomic E-state index is 0.588. The molecule has 0 atom stereocenters. The minimum atomic E-state index is -1.69. The zero-order chi connectivity index (χ0) is 21.2. The van der Waals surface area contributed by atoms with Gasteiger partial charge in [0, 0.05) is 55.8 Å². The summed E-state index contributed by atoms with van der Waals surface area (Å²) >= 11 is 0. The zero-order valence-corrected chi connectivity index (χ0v) is 20.3. The molecule has 168 valence electrons. The van der Waals surface area contributed by atoms with Crippen molar-refractivity contribution in [2.75, 3.05) is 64.0 Å². The van der Waals surface area contributed by atoms with E-state index in [9.17, 15) is 4.21 Å². The van der Waals surface area contributed by atoms with Crippen LogP contribution in [0.5, 0.6) is 0 Å². The molecule has 6 heteroatoms. The fourth-order valence-corrected chi connectivity index (χ4v) is 4.99. The molecule has 0 saturated carbocycles. The van der Waals surface area contributed by atoms with E-state index in [0.717, 1.165) is 56.9 Å². The highest BCUT2D eigenvalue weighted by Crippen LogP contribution is 2.10. The largest absolute Gasteiger partial charge is 0.379 e. The second-order valence-corrected chi connectivity index (χ2v) is 11.8. The number of likely N-dealkylation sites (tertiary alicyclic amines) is 1. The van der Waals surface area contributed by atoms with E-state index in [4.69, 9.17) is 4.74 Å². The van der Waals surface area contributed by atoms with Crippen molar-refractivity contribution in [1.82, 2.24) is 14.7 Å². The summed E-state index contributed by atoms with van der Waals surface area (Å²) in [7, 11) is -1.69. The van der Waals surface area contributed by atoms with Crippen molar-refractivity contribution in [3.63, 3.8) is 0 Å². The predicted octanol–water partition coefficient (Wildman–Crippen LogP) is 2.64. The Bertz CT molecular complexity index is 480. The Hall–Kier alpha value is -0.140. The predicted molar refractivity (Wildman–Crippen MR) is 125 cm³/mol. The number of morpholine rings is 1. The normalized spacial score (nSPS) is 24.0. The van der Waals surface area contributed by atoms with Crippen molar-refractivity contribution in [3.8, 4) is 0 Å². The number of nitrogens with zero attached hydrogens (tertiary/aromatic N) is 3. The third-order valence-corrected chi connectivity index (χ3v) is 7.73. The van der Waals surface area contributed by atoms with Crippen LogP contribution >= 0.6 is 0 Å². The van der Waals surface area contributed by atoms with Crippen LogP contribution in [0, 0.1) is 0 Å². The topological polar surface area (TPSA) is 36.0 Å². The molecule has 0 aromatic heterocycles. The summed E-state index contributed by atoms with van der Waals surface area (Å²) < 4.78 is 16.6. The lowest BCUT2D eigenvalue weighted by atomic mass is 10.3. The van der Waals surface area contributed by atoms with Crippen LogP contribution in [-0.2, 0) is 14.3 Å². The molecule has 0 spiro atoms. The van der Waals surface area contributed by atoms with Crippen LogP contribution in [0.3, 0.4) is 0 Å². The lowest BCUT2D eigenvalue weighted by Crippen LogP contribution is -2.43. The molecule has 3 aliphatic heterocycles. The number of hydrogen-bond acceptors (Lipinski definition) is 5. The van der Waals surface area contributed by atoms with Crippen LogP contribution < -0.4 is 0 Å². The standard InChI is InChI=1S/C8H17NOS.C7H15NO.C7H15N/c1-8(2)9-4-6-11(3,10)7-5-9;1-7(2)8-3-5-9-6-4-8;1-7(2)8-5-3-4-6-8/h8H,3-7H2,1-2H3;7H,3-6H2,1-2H3;7H,3-6H2,1-2H3. The van der Waals surface area contributed by atoms with Gasteiger partial charge in [0.2, 0.25) is 0 Å². The molecular weight excluding hydrogens is 370 g/mol. The highest BCUT2D eigenvalue weighted by Gasteiger charge is 2.18. The summed E-state index contributed by atoms with van der Waals surface area (Å²) in [6.45, 7) is 22.0. The van der Waals surface area contributed by atoms with Gasteiger partial charge in [-0.05, 0) is 82.9 Å². The third kappa shape index (κ3) is 10.6. The van der Waals surface area contributed by atoms with Crippen LogP contribution in [0.2, 0.25) is 0 Å². The van der Waals surface area contributed by atoms with Gasteiger partial charge in [-0.25, -0.2) is 0 Å². The van der Waals surface area contributed by atoms with Gasteiger partial charge < -0.3 is 9.64 Å². The molecule has 0 aromatic carbocycles. The van der Waals surface area contributed by atoms with Gasteiger partial charge in [0.15, 0.2) is 0 Å². The zero-order valence-electron chi connectivity index (χ0n) is 19.5. The number of hydrogen-bond donors (Lipinski definition) is 0. The summed E-state index contributed by atoms with van der Waals surface area (Å²) in [6, 6.07) is 2.05. The third-order valence-electron chi connectivity index (χ3n) is 5.88. The quantitative estimate of drug-likeness (QED) is 0.660. The summed E-state index contributed by atoms with van der Waals surface area (Å²) in [5.41, 5.74) is 0. The molecule has 0 unspecified atom stereocenters. The summed E-state index contributed by atoms with van der Waals surface area (Å²) in [5.74, 6) is 5.29. The Morgan fingerprint density at radius 2 is 1.04 bits per heavy atom. The number of rotatable bonds is 3. The van der Waals surface area contributed by atoms with Gasteiger partial charge >= 0.3 is 0 Å². The van der Waals surface area contributed by atoms with Gasteiger partial charge in [-0.2, -0.15) is 0 Å². The van der Waals surface area contributed by atoms with E-state index in [2.05, 4.69) is 62.1 Å². The first-order valence-electron chi connectivity index (χ1n) is 11.2. The maximum absolute atomic E-state index is 11.4. The highest BCUT2D eigenvalue weighted by atomic mass is 32.2. The molecule has 0 N–H and O–H groups in total. The first-order chi connectivity index (χ1) is 13.1. The van der Waals surface area contributed by atoms with E-state index in [-0.39, 0.29) is 0 Å². The molecule has 0 bridgehead atoms. The maximum Gasteiger partial charge on any atom is 0.0594 e. The van der Waals surface area contributed by atoms with Crippen molar-refractivity contribution in [3.05, 3.63) is 0 Å². The first-order valence-corrected chi connectivity index (χ1v) is 13.3. The van der Waals surface area contributed by atoms with Crippen molar-refractivity contribution < 1.29 is 8.95 Å². The second kappa shape index (κ2) is 13.2. The molecule has 3 heterocycles. The maximum atomic E-state index is 11.4. The number of ether oxygens (including phenoxy) is 1. The Labute approximate surface area is 175 Å². The SMILES string of the molecule is C=S1(=O)CCN(C(C)C)CC1.CC(C)N1CCCC1.CC(C)N1CCOCC1. The van der Waals surface area contributed by atoms with Crippen molar-refractivity contribution in [1.29, 1.82) is 0 Å². The Balaban J connectivity index is 0.000000213. The van der Waals surface area contributed by atoms with Crippen molar-refractivity contribution in [2.45, 2.75) is 72.5 Å². The van der Waals surface area contributed by atoms with Gasteiger partial charge in [0.05, 0.1) is 13.2 Å². The molecule has 5 nitrogen and oxygen atoms in total. The average molecular weight is 418 g/mol. The lowest BCUT2D eigenvalue weighted by Gasteiger charge is -2.31. The van der Waals surface area contributed by atoms with Gasteiger partial charge in [-0.1, -0.05) is 0 Å². The smallest absolute Gasteiger partial charge is 0.0594 e. The molecule has 0 aliphatic carbocycles. The molecule has 3 saturated heterocycles. The molecule has 3 rings (SSSR count). The summed E-state index contributed by atoms with van der Waals surface area (Å²) in [4.78, 5) is 7.32. The van der Waals surface area contributed by atoms with E-state index >= 15 is 0 Å². The molecule has 28 heavy (non-hydrogen) atoms. The Morgan fingerprint density at radius 3 is 1.36 bits per heavy atom. The monoisotopic (exact) mass is 417 g/mol. The van der Waals surface area contributed by atoms with E-state index < -0.39 is 9.52 Å². The van der Waals surface area contributed by atoms with Gasteiger partial charge in [0.1, 0.15) is 0 Å². The fraction of sp³-hybridized carbons (Fsp3) is 0.955. The van der Waals surface area contributed by atoms with Gasteiger partial charge in [0.25, 0.3) is 0 Å². The van der Waals surface area contributed by atoms with Gasteiger partial charge in [-0.3, -0.25) is 14.0 Å².